The zero-order valence-electron chi connectivity index (χ0n) is 12.1. The molecule has 0 spiro atoms. The predicted molar refractivity (Wildman–Crippen MR) is 75.2 cm³/mol. The quantitative estimate of drug-likeness (QED) is 0.927. The van der Waals surface area contributed by atoms with Crippen LogP contribution in [0.1, 0.15) is 25.3 Å². The Kier molecular flexibility index (Phi) is 4.56. The molecule has 0 aromatic heterocycles. The summed E-state index contributed by atoms with van der Waals surface area (Å²) in [5, 5.41) is 2.79. The van der Waals surface area contributed by atoms with E-state index in [1.807, 2.05) is 31.2 Å². The number of nitrogens with zero attached hydrogens (tertiary/aromatic N) is 1. The lowest BCUT2D eigenvalue weighted by molar-refractivity contribution is -0.140. The average Bonchev–Trinajstić information content (AvgIpc) is 2.70. The van der Waals surface area contributed by atoms with Crippen LogP contribution < -0.4 is 10.2 Å². The van der Waals surface area contributed by atoms with Gasteiger partial charge in [0, 0.05) is 18.3 Å². The first kappa shape index (κ1) is 15.8. The van der Waals surface area contributed by atoms with Crippen molar-refractivity contribution in [1.29, 1.82) is 0 Å². The number of alkyl halides is 3. The molecule has 1 aliphatic rings. The smallest absolute Gasteiger partial charge is 0.311 e. The third-order valence-electron chi connectivity index (χ3n) is 3.57. The van der Waals surface area contributed by atoms with Gasteiger partial charge in [0.1, 0.15) is 0 Å². The van der Waals surface area contributed by atoms with Crippen molar-refractivity contribution in [3.05, 3.63) is 29.8 Å². The lowest BCUT2D eigenvalue weighted by Gasteiger charge is -2.21. The van der Waals surface area contributed by atoms with Gasteiger partial charge in [-0.25, -0.2) is 0 Å². The first-order chi connectivity index (χ1) is 9.76. The number of nitrogens with one attached hydrogen (secondary N) is 1. The minimum absolute atomic E-state index is 0.159. The van der Waals surface area contributed by atoms with E-state index in [0.29, 0.717) is 13.0 Å². The van der Waals surface area contributed by atoms with Gasteiger partial charge < -0.3 is 10.2 Å². The number of hydrogen-bond acceptors (Lipinski definition) is 2. The second-order valence-electron chi connectivity index (χ2n) is 5.55. The maximum atomic E-state index is 12.3. The van der Waals surface area contributed by atoms with Crippen molar-refractivity contribution >= 4 is 11.6 Å². The van der Waals surface area contributed by atoms with Crippen LogP contribution in [0.2, 0.25) is 0 Å². The van der Waals surface area contributed by atoms with Crippen molar-refractivity contribution in [2.45, 2.75) is 44.9 Å². The summed E-state index contributed by atoms with van der Waals surface area (Å²) in [7, 11) is 0. The number of rotatable bonds is 4. The summed E-state index contributed by atoms with van der Waals surface area (Å²) in [6, 6.07) is 6.23. The molecule has 1 N–H and O–H groups in total. The number of aryl methyl sites for hydroxylation is 1. The third-order valence-corrected chi connectivity index (χ3v) is 3.57. The van der Waals surface area contributed by atoms with Crippen LogP contribution in [-0.2, 0) is 4.79 Å². The van der Waals surface area contributed by atoms with E-state index in [0.717, 1.165) is 11.3 Å². The zero-order chi connectivity index (χ0) is 15.6. The zero-order valence-corrected chi connectivity index (χ0v) is 12.1. The minimum atomic E-state index is -4.22. The van der Waals surface area contributed by atoms with Gasteiger partial charge in [-0.15, -0.1) is 0 Å². The van der Waals surface area contributed by atoms with E-state index < -0.39 is 24.7 Å². The van der Waals surface area contributed by atoms with Crippen molar-refractivity contribution in [2.75, 3.05) is 11.4 Å². The predicted octanol–water partition coefficient (Wildman–Crippen LogP) is 3.03. The summed E-state index contributed by atoms with van der Waals surface area (Å²) in [5.41, 5.74) is 1.89. The highest BCUT2D eigenvalue weighted by Gasteiger charge is 2.36. The van der Waals surface area contributed by atoms with Crippen molar-refractivity contribution in [3.8, 4) is 0 Å². The molecule has 1 saturated heterocycles. The lowest BCUT2D eigenvalue weighted by atomic mass is 10.1. The Hall–Kier alpha value is -1.56. The molecular weight excluding hydrogens is 281 g/mol. The molecule has 0 bridgehead atoms. The van der Waals surface area contributed by atoms with Gasteiger partial charge in [-0.05, 0) is 32.4 Å². The monoisotopic (exact) mass is 300 g/mol. The molecule has 1 aliphatic heterocycles. The summed E-state index contributed by atoms with van der Waals surface area (Å²) in [6.45, 7) is 3.94. The molecule has 0 aliphatic carbocycles. The summed E-state index contributed by atoms with van der Waals surface area (Å²) >= 11 is 0. The molecule has 2 unspecified atom stereocenters. The van der Waals surface area contributed by atoms with Crippen LogP contribution in [0.4, 0.5) is 18.9 Å². The van der Waals surface area contributed by atoms with Crippen LogP contribution in [-0.4, -0.2) is 30.7 Å². The molecule has 0 radical (unpaired) electrons. The summed E-state index contributed by atoms with van der Waals surface area (Å²) in [4.78, 5) is 13.9. The van der Waals surface area contributed by atoms with Crippen LogP contribution in [0, 0.1) is 6.92 Å². The van der Waals surface area contributed by atoms with Crippen molar-refractivity contribution in [1.82, 2.24) is 5.32 Å². The van der Waals surface area contributed by atoms with Gasteiger partial charge in [-0.2, -0.15) is 13.2 Å². The van der Waals surface area contributed by atoms with Crippen LogP contribution >= 0.6 is 0 Å². The van der Waals surface area contributed by atoms with Gasteiger partial charge in [0.2, 0.25) is 5.91 Å². The van der Waals surface area contributed by atoms with Gasteiger partial charge in [0.25, 0.3) is 0 Å². The molecule has 0 saturated carbocycles. The minimum Gasteiger partial charge on any atom is -0.311 e. The van der Waals surface area contributed by atoms with E-state index >= 15 is 0 Å². The molecule has 116 valence electrons. The Bertz CT molecular complexity index is 499. The maximum absolute atomic E-state index is 12.3. The van der Waals surface area contributed by atoms with Gasteiger partial charge in [-0.3, -0.25) is 4.79 Å². The fourth-order valence-corrected chi connectivity index (χ4v) is 2.57. The summed E-state index contributed by atoms with van der Waals surface area (Å²) in [5.74, 6) is -0.159. The number of anilines is 1. The van der Waals surface area contributed by atoms with Crippen LogP contribution in [0.5, 0.6) is 0 Å². The molecule has 1 aromatic carbocycles. The Labute approximate surface area is 122 Å². The topological polar surface area (TPSA) is 32.3 Å². The van der Waals surface area contributed by atoms with Crippen LogP contribution in [0.25, 0.3) is 0 Å². The molecule has 1 aromatic rings. The van der Waals surface area contributed by atoms with E-state index in [-0.39, 0.29) is 5.91 Å². The highest BCUT2D eigenvalue weighted by molar-refractivity contribution is 5.99. The van der Waals surface area contributed by atoms with E-state index in [4.69, 9.17) is 0 Å². The number of hydrogen-bond donors (Lipinski definition) is 1. The Balaban J connectivity index is 1.97. The second kappa shape index (κ2) is 6.05. The van der Waals surface area contributed by atoms with Crippen LogP contribution in [0.3, 0.4) is 0 Å². The Morgan fingerprint density at radius 2 is 1.95 bits per heavy atom. The van der Waals surface area contributed by atoms with Gasteiger partial charge in [0.05, 0.1) is 12.5 Å². The van der Waals surface area contributed by atoms with E-state index in [1.54, 1.807) is 4.90 Å². The fraction of sp³-hybridized carbons (Fsp3) is 0.533. The van der Waals surface area contributed by atoms with Gasteiger partial charge >= 0.3 is 6.18 Å². The third kappa shape index (κ3) is 4.20. The van der Waals surface area contributed by atoms with E-state index in [1.165, 1.54) is 6.92 Å². The lowest BCUT2D eigenvalue weighted by Crippen LogP contribution is -2.44. The Morgan fingerprint density at radius 1 is 1.33 bits per heavy atom. The number of carbonyl (C=O) groups excluding carboxylic acids is 1. The Morgan fingerprint density at radius 3 is 2.52 bits per heavy atom. The molecule has 1 fully saturated rings. The highest BCUT2D eigenvalue weighted by atomic mass is 19.4. The van der Waals surface area contributed by atoms with Crippen molar-refractivity contribution in [2.24, 2.45) is 0 Å². The van der Waals surface area contributed by atoms with E-state index in [9.17, 15) is 18.0 Å². The second-order valence-corrected chi connectivity index (χ2v) is 5.55. The molecule has 2 atom stereocenters. The number of amides is 1. The molecule has 21 heavy (non-hydrogen) atoms. The number of benzene rings is 1. The number of halogens is 3. The maximum Gasteiger partial charge on any atom is 0.390 e. The normalized spacial score (nSPS) is 20.9. The van der Waals surface area contributed by atoms with Crippen LogP contribution in [0.15, 0.2) is 24.3 Å². The largest absolute Gasteiger partial charge is 0.390 e. The first-order valence-electron chi connectivity index (χ1n) is 6.97. The number of carbonyl (C=O) groups is 1. The summed E-state index contributed by atoms with van der Waals surface area (Å²) in [6.07, 6.45) is -4.62. The molecular formula is C15H19F3N2O. The summed E-state index contributed by atoms with van der Waals surface area (Å²) < 4.78 is 37.0. The van der Waals surface area contributed by atoms with E-state index in [2.05, 4.69) is 5.32 Å². The average molecular weight is 300 g/mol. The first-order valence-corrected chi connectivity index (χ1v) is 6.97. The van der Waals surface area contributed by atoms with Gasteiger partial charge in [-0.1, -0.05) is 17.7 Å². The molecule has 1 heterocycles. The standard InChI is InChI=1S/C15H19F3N2O/c1-10-3-5-12(6-4-10)20-8-7-13(14(20)21)19-11(2)9-15(16,17)18/h3-6,11,13,19H,7-9H2,1-2H3. The molecule has 1 amide bonds. The molecule has 3 nitrogen and oxygen atoms in total. The fourth-order valence-electron chi connectivity index (χ4n) is 2.57. The SMILES string of the molecule is Cc1ccc(N2CCC(NC(C)CC(F)(F)F)C2=O)cc1. The van der Waals surface area contributed by atoms with Crippen molar-refractivity contribution < 1.29 is 18.0 Å². The van der Waals surface area contributed by atoms with Gasteiger partial charge in [0.15, 0.2) is 0 Å². The molecule has 2 rings (SSSR count). The molecule has 6 heteroatoms. The van der Waals surface area contributed by atoms with Crippen molar-refractivity contribution in [3.63, 3.8) is 0 Å². The highest BCUT2D eigenvalue weighted by Crippen LogP contribution is 2.24.